The summed E-state index contributed by atoms with van der Waals surface area (Å²) in [6, 6.07) is 7.26. The van der Waals surface area contributed by atoms with E-state index in [4.69, 9.17) is 9.15 Å². The Kier molecular flexibility index (Phi) is 4.85. The van der Waals surface area contributed by atoms with Crippen molar-refractivity contribution < 1.29 is 18.7 Å². The molecule has 0 spiro atoms. The van der Waals surface area contributed by atoms with Gasteiger partial charge in [0.25, 0.3) is 5.56 Å². The van der Waals surface area contributed by atoms with Gasteiger partial charge in [-0.2, -0.15) is 0 Å². The van der Waals surface area contributed by atoms with E-state index in [1.165, 1.54) is 15.8 Å². The Bertz CT molecular complexity index is 1100. The Balaban J connectivity index is 1.59. The maximum atomic E-state index is 12.8. The number of rotatable bonds is 7. The van der Waals surface area contributed by atoms with Crippen molar-refractivity contribution in [2.45, 2.75) is 26.3 Å². The molecule has 1 aromatic carbocycles. The predicted octanol–water partition coefficient (Wildman–Crippen LogP) is 1.94. The molecule has 0 radical (unpaired) electrons. The van der Waals surface area contributed by atoms with Crippen molar-refractivity contribution >= 4 is 33.9 Å². The predicted molar refractivity (Wildman–Crippen MR) is 102 cm³/mol. The summed E-state index contributed by atoms with van der Waals surface area (Å²) in [5, 5.41) is 0.755. The molecule has 0 bridgehead atoms. The molecule has 0 unspecified atom stereocenters. The van der Waals surface area contributed by atoms with Gasteiger partial charge in [-0.1, -0.05) is 12.1 Å². The number of fused-ring (bicyclic) bond motifs is 3. The van der Waals surface area contributed by atoms with Crippen LogP contribution < -0.4 is 5.56 Å². The third-order valence-electron chi connectivity index (χ3n) is 4.81. The van der Waals surface area contributed by atoms with Crippen molar-refractivity contribution in [3.05, 3.63) is 40.9 Å². The fourth-order valence-corrected chi connectivity index (χ4v) is 3.20. The van der Waals surface area contributed by atoms with E-state index in [1.54, 1.807) is 13.0 Å². The van der Waals surface area contributed by atoms with Gasteiger partial charge in [-0.15, -0.1) is 0 Å². The number of amides is 1. The molecule has 1 saturated carbocycles. The van der Waals surface area contributed by atoms with Gasteiger partial charge in [0, 0.05) is 11.9 Å². The first-order valence-corrected chi connectivity index (χ1v) is 9.37. The number of benzene rings is 1. The second-order valence-corrected chi connectivity index (χ2v) is 6.98. The van der Waals surface area contributed by atoms with Gasteiger partial charge >= 0.3 is 5.97 Å². The van der Waals surface area contributed by atoms with Crippen LogP contribution in [0.25, 0.3) is 22.1 Å². The molecule has 0 N–H and O–H groups in total. The number of carbonyl (C=O) groups is 2. The van der Waals surface area contributed by atoms with Crippen molar-refractivity contribution in [2.75, 3.05) is 19.7 Å². The maximum Gasteiger partial charge on any atom is 0.325 e. The summed E-state index contributed by atoms with van der Waals surface area (Å²) in [5.41, 5.74) is 0.752. The summed E-state index contributed by atoms with van der Waals surface area (Å²) in [6.45, 7) is 2.16. The van der Waals surface area contributed by atoms with Crippen LogP contribution in [0.3, 0.4) is 0 Å². The zero-order valence-electron chi connectivity index (χ0n) is 15.6. The highest BCUT2D eigenvalue weighted by molar-refractivity contribution is 6.01. The number of para-hydroxylation sites is 1. The van der Waals surface area contributed by atoms with Gasteiger partial charge in [-0.05, 0) is 37.8 Å². The van der Waals surface area contributed by atoms with Crippen LogP contribution in [0.15, 0.2) is 39.8 Å². The van der Waals surface area contributed by atoms with Gasteiger partial charge in [-0.25, -0.2) is 4.98 Å². The smallest absolute Gasteiger partial charge is 0.325 e. The van der Waals surface area contributed by atoms with E-state index in [0.29, 0.717) is 23.6 Å². The number of aromatic nitrogens is 2. The molecular weight excluding hydrogens is 362 g/mol. The van der Waals surface area contributed by atoms with E-state index >= 15 is 0 Å². The minimum Gasteiger partial charge on any atom is -0.465 e. The summed E-state index contributed by atoms with van der Waals surface area (Å²) in [4.78, 5) is 43.2. The molecule has 28 heavy (non-hydrogen) atoms. The fraction of sp³-hybridized carbons (Fsp3) is 0.400. The van der Waals surface area contributed by atoms with Crippen LogP contribution in [0.4, 0.5) is 0 Å². The summed E-state index contributed by atoms with van der Waals surface area (Å²) < 4.78 is 11.8. The molecule has 3 aromatic rings. The molecule has 1 amide bonds. The van der Waals surface area contributed by atoms with Crippen LogP contribution >= 0.6 is 0 Å². The Labute approximate surface area is 160 Å². The lowest BCUT2D eigenvalue weighted by molar-refractivity contribution is -0.149. The molecule has 0 saturated heterocycles. The molecule has 1 fully saturated rings. The highest BCUT2D eigenvalue weighted by Gasteiger charge is 2.28. The lowest BCUT2D eigenvalue weighted by Gasteiger charge is -2.22. The average Bonchev–Trinajstić information content (AvgIpc) is 3.41. The molecule has 2 heterocycles. The molecule has 0 aliphatic heterocycles. The monoisotopic (exact) mass is 383 g/mol. The van der Waals surface area contributed by atoms with E-state index in [0.717, 1.165) is 18.2 Å². The Morgan fingerprint density at radius 3 is 2.86 bits per heavy atom. The van der Waals surface area contributed by atoms with Crippen molar-refractivity contribution in [1.29, 1.82) is 0 Å². The van der Waals surface area contributed by atoms with Crippen molar-refractivity contribution in [1.82, 2.24) is 14.5 Å². The highest BCUT2D eigenvalue weighted by Crippen LogP contribution is 2.30. The first-order chi connectivity index (χ1) is 13.6. The van der Waals surface area contributed by atoms with Crippen LogP contribution in [0.1, 0.15) is 19.8 Å². The standard InChI is InChI=1S/C20H21N3O5/c1-2-27-17(25)11-22(9-13-7-8-13)16(24)10-23-12-21-18-14-5-3-4-6-15(14)28-19(18)20(23)26/h3-6,12-13H,2,7-11H2,1H3. The van der Waals surface area contributed by atoms with E-state index in [2.05, 4.69) is 4.98 Å². The van der Waals surface area contributed by atoms with E-state index in [1.807, 2.05) is 18.2 Å². The summed E-state index contributed by atoms with van der Waals surface area (Å²) in [6.07, 6.45) is 3.43. The second-order valence-electron chi connectivity index (χ2n) is 6.98. The summed E-state index contributed by atoms with van der Waals surface area (Å²) in [7, 11) is 0. The molecular formula is C20H21N3O5. The average molecular weight is 383 g/mol. The lowest BCUT2D eigenvalue weighted by atomic mass is 10.2. The maximum absolute atomic E-state index is 12.8. The third kappa shape index (κ3) is 3.62. The van der Waals surface area contributed by atoms with Crippen LogP contribution in [0.5, 0.6) is 0 Å². The number of carbonyl (C=O) groups excluding carboxylic acids is 2. The van der Waals surface area contributed by atoms with Crippen LogP contribution in [0.2, 0.25) is 0 Å². The first-order valence-electron chi connectivity index (χ1n) is 9.37. The van der Waals surface area contributed by atoms with Gasteiger partial charge in [-0.3, -0.25) is 19.0 Å². The molecule has 4 rings (SSSR count). The summed E-state index contributed by atoms with van der Waals surface area (Å²) in [5.74, 6) is -0.361. The fourth-order valence-electron chi connectivity index (χ4n) is 3.20. The van der Waals surface area contributed by atoms with Crippen LogP contribution in [-0.4, -0.2) is 46.0 Å². The number of hydrogen-bond donors (Lipinski definition) is 0. The zero-order valence-corrected chi connectivity index (χ0v) is 15.6. The number of nitrogens with zero attached hydrogens (tertiary/aromatic N) is 3. The largest absolute Gasteiger partial charge is 0.465 e. The minimum atomic E-state index is -0.449. The van der Waals surface area contributed by atoms with Gasteiger partial charge < -0.3 is 14.1 Å². The van der Waals surface area contributed by atoms with Crippen LogP contribution in [0, 0.1) is 5.92 Å². The van der Waals surface area contributed by atoms with Gasteiger partial charge in [0.05, 0.1) is 12.9 Å². The molecule has 8 heteroatoms. The van der Waals surface area contributed by atoms with Crippen molar-refractivity contribution in [3.63, 3.8) is 0 Å². The Morgan fingerprint density at radius 2 is 2.11 bits per heavy atom. The molecule has 2 aromatic heterocycles. The SMILES string of the molecule is CCOC(=O)CN(CC1CC1)C(=O)Cn1cnc2c(oc3ccccc32)c1=O. The molecule has 0 atom stereocenters. The van der Waals surface area contributed by atoms with Crippen molar-refractivity contribution in [3.8, 4) is 0 Å². The second kappa shape index (κ2) is 7.46. The number of esters is 1. The van der Waals surface area contributed by atoms with E-state index in [9.17, 15) is 14.4 Å². The number of ether oxygens (including phenoxy) is 1. The van der Waals surface area contributed by atoms with Crippen molar-refractivity contribution in [2.24, 2.45) is 5.92 Å². The van der Waals surface area contributed by atoms with Gasteiger partial charge in [0.15, 0.2) is 0 Å². The Hall–Kier alpha value is -3.16. The first kappa shape index (κ1) is 18.2. The molecule has 146 valence electrons. The molecule has 1 aliphatic rings. The third-order valence-corrected chi connectivity index (χ3v) is 4.81. The van der Waals surface area contributed by atoms with Gasteiger partial charge in [0.1, 0.15) is 24.2 Å². The highest BCUT2D eigenvalue weighted by atomic mass is 16.5. The number of hydrogen-bond acceptors (Lipinski definition) is 6. The topological polar surface area (TPSA) is 94.6 Å². The minimum absolute atomic E-state index is 0.113. The summed E-state index contributed by atoms with van der Waals surface area (Å²) >= 11 is 0. The molecule has 1 aliphatic carbocycles. The zero-order chi connectivity index (χ0) is 19.7. The Morgan fingerprint density at radius 1 is 1.32 bits per heavy atom. The van der Waals surface area contributed by atoms with Crippen LogP contribution in [-0.2, 0) is 20.9 Å². The lowest BCUT2D eigenvalue weighted by Crippen LogP contribution is -2.41. The quantitative estimate of drug-likeness (QED) is 0.579. The normalized spacial score (nSPS) is 13.8. The van der Waals surface area contributed by atoms with Gasteiger partial charge in [0.2, 0.25) is 11.5 Å². The van der Waals surface area contributed by atoms with E-state index in [-0.39, 0.29) is 31.2 Å². The molecule has 8 nitrogen and oxygen atoms in total. The van der Waals surface area contributed by atoms with E-state index < -0.39 is 11.5 Å². The number of furan rings is 1.